The van der Waals surface area contributed by atoms with Gasteiger partial charge in [-0.25, -0.2) is 24.5 Å². The summed E-state index contributed by atoms with van der Waals surface area (Å²) in [7, 11) is 2.57. The van der Waals surface area contributed by atoms with Crippen LogP contribution < -0.4 is 10.6 Å². The minimum absolute atomic E-state index is 0.113. The van der Waals surface area contributed by atoms with Crippen LogP contribution in [0.1, 0.15) is 83.0 Å². The summed E-state index contributed by atoms with van der Waals surface area (Å²) in [5, 5.41) is 5.38. The molecule has 0 saturated carbocycles. The number of benzene rings is 2. The molecule has 2 fully saturated rings. The van der Waals surface area contributed by atoms with Crippen LogP contribution in [0.5, 0.6) is 0 Å². The number of alkyl carbamates (subject to hydrolysis) is 2. The molecular formula is C42H50N10O6. The fraction of sp³-hybridized carbons (Fsp3) is 0.429. The Morgan fingerprint density at radius 2 is 1.31 bits per heavy atom. The predicted octanol–water partition coefficient (Wildman–Crippen LogP) is 6.31. The van der Waals surface area contributed by atoms with Gasteiger partial charge in [-0.1, -0.05) is 57.5 Å². The Labute approximate surface area is 336 Å². The summed E-state index contributed by atoms with van der Waals surface area (Å²) in [5.41, 5.74) is 6.58. The average molecular weight is 791 g/mol. The van der Waals surface area contributed by atoms with Gasteiger partial charge in [-0.15, -0.1) is 0 Å². The van der Waals surface area contributed by atoms with Gasteiger partial charge in [0.15, 0.2) is 0 Å². The lowest BCUT2D eigenvalue weighted by Crippen LogP contribution is -2.51. The van der Waals surface area contributed by atoms with Gasteiger partial charge in [0, 0.05) is 24.2 Å². The first kappa shape index (κ1) is 39.9. The summed E-state index contributed by atoms with van der Waals surface area (Å²) in [6.45, 7) is 6.93. The van der Waals surface area contributed by atoms with Gasteiger partial charge in [-0.2, -0.15) is 0 Å². The number of H-pyrrole nitrogens is 2. The number of amides is 4. The van der Waals surface area contributed by atoms with Gasteiger partial charge in [0.05, 0.1) is 73.0 Å². The number of nitrogens with one attached hydrogen (secondary N) is 4. The Morgan fingerprint density at radius 1 is 0.741 bits per heavy atom. The largest absolute Gasteiger partial charge is 0.453 e. The molecule has 58 heavy (non-hydrogen) atoms. The molecule has 304 valence electrons. The van der Waals surface area contributed by atoms with Crippen LogP contribution in [-0.4, -0.2) is 103 Å². The van der Waals surface area contributed by atoms with Crippen LogP contribution in [0.4, 0.5) is 9.59 Å². The molecule has 0 bridgehead atoms. The zero-order valence-corrected chi connectivity index (χ0v) is 33.4. The summed E-state index contributed by atoms with van der Waals surface area (Å²) in [4.78, 5) is 80.4. The Bertz CT molecular complexity index is 2270. The van der Waals surface area contributed by atoms with Gasteiger partial charge in [0.25, 0.3) is 0 Å². The number of methoxy groups -OCH3 is 2. The number of carbonyl (C=O) groups is 4. The fourth-order valence-electron chi connectivity index (χ4n) is 7.90. The van der Waals surface area contributed by atoms with Crippen LogP contribution in [0.3, 0.4) is 0 Å². The quantitative estimate of drug-likeness (QED) is 0.111. The average Bonchev–Trinajstić information content (AvgIpc) is 4.08. The zero-order valence-electron chi connectivity index (χ0n) is 33.4. The van der Waals surface area contributed by atoms with Crippen molar-refractivity contribution in [1.29, 1.82) is 0 Å². The van der Waals surface area contributed by atoms with E-state index < -0.39 is 24.3 Å². The normalized spacial score (nSPS) is 17.7. The topological polar surface area (TPSA) is 200 Å². The molecule has 4 atom stereocenters. The van der Waals surface area contributed by atoms with E-state index in [1.165, 1.54) is 14.2 Å². The molecule has 2 aliphatic heterocycles. The molecule has 0 radical (unpaired) electrons. The van der Waals surface area contributed by atoms with Crippen molar-refractivity contribution in [3.05, 3.63) is 72.7 Å². The van der Waals surface area contributed by atoms with Crippen LogP contribution in [0.2, 0.25) is 0 Å². The first-order valence-electron chi connectivity index (χ1n) is 19.9. The fourth-order valence-corrected chi connectivity index (χ4v) is 7.90. The van der Waals surface area contributed by atoms with E-state index in [0.717, 1.165) is 76.9 Å². The summed E-state index contributed by atoms with van der Waals surface area (Å²) in [5.74, 6) is 1.01. The molecule has 0 aliphatic carbocycles. The number of hydrogen-bond donors (Lipinski definition) is 4. The third kappa shape index (κ3) is 8.36. The van der Waals surface area contributed by atoms with Gasteiger partial charge >= 0.3 is 12.2 Å². The van der Waals surface area contributed by atoms with E-state index in [-0.39, 0.29) is 29.8 Å². The minimum atomic E-state index is -0.697. The van der Waals surface area contributed by atoms with E-state index in [1.54, 1.807) is 28.4 Å². The van der Waals surface area contributed by atoms with Crippen molar-refractivity contribution >= 4 is 35.0 Å². The summed E-state index contributed by atoms with van der Waals surface area (Å²) in [6, 6.07) is 12.1. The third-order valence-corrected chi connectivity index (χ3v) is 11.0. The maximum atomic E-state index is 13.5. The van der Waals surface area contributed by atoms with Crippen molar-refractivity contribution < 1.29 is 28.7 Å². The molecule has 3 aromatic heterocycles. The SMILES string of the molecule is CCC[C@H](NC(=O)OC)C(=O)N1CCC[C@H]1c1ncc(-c2ccc3nc(-c4ccc(-c5cnc([C@@H]6CCCN6C(=O)[C@@H](NC(=O)OC)C(C)C)[nH]5)cc4)cnc3c2)[nH]1. The van der Waals surface area contributed by atoms with Gasteiger partial charge in [0.2, 0.25) is 11.8 Å². The van der Waals surface area contributed by atoms with E-state index >= 15 is 0 Å². The number of carbonyl (C=O) groups excluding carboxylic acids is 4. The molecule has 2 saturated heterocycles. The number of nitrogens with zero attached hydrogens (tertiary/aromatic N) is 6. The van der Waals surface area contributed by atoms with E-state index in [4.69, 9.17) is 19.4 Å². The van der Waals surface area contributed by atoms with Gasteiger partial charge in [0.1, 0.15) is 23.7 Å². The molecule has 4 N–H and O–H groups in total. The second-order valence-electron chi connectivity index (χ2n) is 15.1. The highest BCUT2D eigenvalue weighted by Crippen LogP contribution is 2.35. The van der Waals surface area contributed by atoms with E-state index in [1.807, 2.05) is 63.2 Å². The van der Waals surface area contributed by atoms with Crippen LogP contribution in [0, 0.1) is 5.92 Å². The lowest BCUT2D eigenvalue weighted by Gasteiger charge is -2.30. The molecule has 2 aliphatic rings. The highest BCUT2D eigenvalue weighted by atomic mass is 16.5. The molecule has 2 aromatic carbocycles. The lowest BCUT2D eigenvalue weighted by atomic mass is 10.0. The molecule has 5 heterocycles. The maximum Gasteiger partial charge on any atom is 0.407 e. The first-order chi connectivity index (χ1) is 28.1. The number of aromatic nitrogens is 6. The van der Waals surface area contributed by atoms with Crippen molar-refractivity contribution in [2.75, 3.05) is 27.3 Å². The monoisotopic (exact) mass is 790 g/mol. The Morgan fingerprint density at radius 3 is 1.91 bits per heavy atom. The number of imidazole rings is 2. The number of fused-ring (bicyclic) bond motifs is 1. The number of aromatic amines is 2. The smallest absolute Gasteiger partial charge is 0.407 e. The number of rotatable bonds is 12. The van der Waals surface area contributed by atoms with Crippen molar-refractivity contribution in [3.8, 4) is 33.8 Å². The molecular weight excluding hydrogens is 741 g/mol. The highest BCUT2D eigenvalue weighted by molar-refractivity contribution is 5.87. The highest BCUT2D eigenvalue weighted by Gasteiger charge is 2.38. The zero-order chi connectivity index (χ0) is 40.9. The summed E-state index contributed by atoms with van der Waals surface area (Å²) < 4.78 is 9.51. The number of hydrogen-bond acceptors (Lipinski definition) is 10. The molecule has 7 rings (SSSR count). The molecule has 16 heteroatoms. The molecule has 16 nitrogen and oxygen atoms in total. The number of ether oxygens (including phenoxy) is 2. The van der Waals surface area contributed by atoms with Crippen LogP contribution in [0.15, 0.2) is 61.1 Å². The Balaban J connectivity index is 1.02. The first-order valence-corrected chi connectivity index (χ1v) is 19.9. The van der Waals surface area contributed by atoms with Gasteiger partial charge in [-0.05, 0) is 55.7 Å². The van der Waals surface area contributed by atoms with Crippen LogP contribution >= 0.6 is 0 Å². The predicted molar refractivity (Wildman–Crippen MR) is 216 cm³/mol. The van der Waals surface area contributed by atoms with Crippen molar-refractivity contribution in [1.82, 2.24) is 50.3 Å². The molecule has 5 aromatic rings. The van der Waals surface area contributed by atoms with Gasteiger partial charge in [-0.3, -0.25) is 14.6 Å². The summed E-state index contributed by atoms with van der Waals surface area (Å²) >= 11 is 0. The molecule has 0 spiro atoms. The van der Waals surface area contributed by atoms with Crippen LogP contribution in [0.25, 0.3) is 44.8 Å². The van der Waals surface area contributed by atoms with Crippen LogP contribution in [-0.2, 0) is 19.1 Å². The summed E-state index contributed by atoms with van der Waals surface area (Å²) in [6.07, 6.45) is 8.54. The van der Waals surface area contributed by atoms with E-state index in [9.17, 15) is 19.2 Å². The van der Waals surface area contributed by atoms with Gasteiger partial charge < -0.3 is 39.9 Å². The van der Waals surface area contributed by atoms with Crippen molar-refractivity contribution in [2.24, 2.45) is 5.92 Å². The second kappa shape index (κ2) is 17.4. The second-order valence-corrected chi connectivity index (χ2v) is 15.1. The molecule has 4 amide bonds. The third-order valence-electron chi connectivity index (χ3n) is 11.0. The molecule has 0 unspecified atom stereocenters. The minimum Gasteiger partial charge on any atom is -0.453 e. The Hall–Kier alpha value is -6.32. The standard InChI is InChI=1S/C42H50N10O6/c1-6-9-29(49-41(55)57-4)39(53)51-18-7-10-34(51)37-45-23-33(48-37)27-16-17-28-30(20-27)43-21-31(46-28)25-12-14-26(15-13-25)32-22-44-38(47-32)35-11-8-19-52(35)40(54)36(24(2)3)50-42(56)58-5/h12-17,20-24,29,34-36H,6-11,18-19H2,1-5H3,(H,44,47)(H,45,48)(H,49,55)(H,50,56)/t29-,34-,35-,36-/m0/s1. The Kier molecular flexibility index (Phi) is 12.0. The van der Waals surface area contributed by atoms with Crippen molar-refractivity contribution in [3.63, 3.8) is 0 Å². The van der Waals surface area contributed by atoms with E-state index in [2.05, 4.69) is 30.6 Å². The number of likely N-dealkylation sites (tertiary alicyclic amines) is 2. The van der Waals surface area contributed by atoms with E-state index in [0.29, 0.717) is 31.2 Å². The lowest BCUT2D eigenvalue weighted by molar-refractivity contribution is -0.135. The van der Waals surface area contributed by atoms with Crippen molar-refractivity contribution in [2.45, 2.75) is 83.5 Å². The maximum absolute atomic E-state index is 13.5.